The van der Waals surface area contributed by atoms with Crippen LogP contribution in [0.3, 0.4) is 0 Å². The number of nitrogens with one attached hydrogen (secondary N) is 2. The summed E-state index contributed by atoms with van der Waals surface area (Å²) in [5, 5.41) is 2.78. The van der Waals surface area contributed by atoms with Gasteiger partial charge in [-0.05, 0) is 31.0 Å². The third kappa shape index (κ3) is 2.88. The maximum absolute atomic E-state index is 12.6. The smallest absolute Gasteiger partial charge is 0.240 e. The van der Waals surface area contributed by atoms with Gasteiger partial charge in [0.2, 0.25) is 15.9 Å². The summed E-state index contributed by atoms with van der Waals surface area (Å²) < 4.78 is 33.5. The van der Waals surface area contributed by atoms with E-state index in [1.165, 1.54) is 0 Å². The van der Waals surface area contributed by atoms with Crippen molar-refractivity contribution < 1.29 is 17.9 Å². The van der Waals surface area contributed by atoms with E-state index >= 15 is 0 Å². The van der Waals surface area contributed by atoms with Gasteiger partial charge in [-0.3, -0.25) is 4.79 Å². The minimum atomic E-state index is -3.59. The summed E-state index contributed by atoms with van der Waals surface area (Å²) in [7, 11) is -3.59. The number of hydrogen-bond acceptors (Lipinski definition) is 5. The molecule has 0 bridgehead atoms. The predicted molar refractivity (Wildman–Crippen MR) is 87.0 cm³/mol. The Balaban J connectivity index is 1.56. The van der Waals surface area contributed by atoms with Gasteiger partial charge in [0.1, 0.15) is 0 Å². The molecular weight excluding hydrogens is 336 g/mol. The second-order valence-electron chi connectivity index (χ2n) is 6.13. The number of carbonyl (C=O) groups is 1. The van der Waals surface area contributed by atoms with Crippen molar-refractivity contribution in [2.24, 2.45) is 5.92 Å². The van der Waals surface area contributed by atoms with E-state index in [9.17, 15) is 13.2 Å². The van der Waals surface area contributed by atoms with Crippen molar-refractivity contribution in [3.63, 3.8) is 0 Å². The summed E-state index contributed by atoms with van der Waals surface area (Å²) in [5.41, 5.74) is 0.580. The fraction of sp³-hybridized carbons (Fsp3) is 0.533. The van der Waals surface area contributed by atoms with Crippen LogP contribution in [-0.2, 0) is 19.6 Å². The average Bonchev–Trinajstić information content (AvgIpc) is 2.76. The van der Waals surface area contributed by atoms with Gasteiger partial charge in [-0.25, -0.2) is 13.1 Å². The Hall–Kier alpha value is -1.09. The fourth-order valence-electron chi connectivity index (χ4n) is 3.37. The van der Waals surface area contributed by atoms with Crippen LogP contribution in [0.4, 0.5) is 5.69 Å². The summed E-state index contributed by atoms with van der Waals surface area (Å²) in [5.74, 6) is 0.915. The van der Waals surface area contributed by atoms with Crippen molar-refractivity contribution in [2.75, 3.05) is 17.7 Å². The highest BCUT2D eigenvalue weighted by Crippen LogP contribution is 2.39. The van der Waals surface area contributed by atoms with Crippen molar-refractivity contribution in [1.82, 2.24) is 4.72 Å². The van der Waals surface area contributed by atoms with Crippen LogP contribution < -0.4 is 10.0 Å². The first-order valence-electron chi connectivity index (χ1n) is 7.73. The normalized spacial score (nSPS) is 29.9. The van der Waals surface area contributed by atoms with E-state index in [1.54, 1.807) is 30.0 Å². The lowest BCUT2D eigenvalue weighted by Crippen LogP contribution is -2.53. The number of fused-ring (bicyclic) bond motifs is 2. The number of hydrogen-bond donors (Lipinski definition) is 2. The SMILES string of the molecule is O=C1CCSc2ccc(S(=O)(=O)N[C@H]3C[C@@H]4OCC[C@H]34)cc2N1. The molecule has 0 radical (unpaired) electrons. The lowest BCUT2D eigenvalue weighted by Gasteiger charge is -2.39. The van der Waals surface area contributed by atoms with E-state index in [1.807, 2.05) is 0 Å². The van der Waals surface area contributed by atoms with Crippen molar-refractivity contribution in [1.29, 1.82) is 0 Å². The van der Waals surface area contributed by atoms with Crippen molar-refractivity contribution in [2.45, 2.75) is 41.2 Å². The number of anilines is 1. The van der Waals surface area contributed by atoms with Gasteiger partial charge in [0, 0.05) is 35.6 Å². The highest BCUT2D eigenvalue weighted by molar-refractivity contribution is 7.99. The molecule has 3 atom stereocenters. The molecule has 1 saturated carbocycles. The molecule has 2 aliphatic heterocycles. The van der Waals surface area contributed by atoms with Crippen LogP contribution in [0, 0.1) is 5.92 Å². The Morgan fingerprint density at radius 1 is 1.35 bits per heavy atom. The monoisotopic (exact) mass is 354 g/mol. The minimum Gasteiger partial charge on any atom is -0.378 e. The summed E-state index contributed by atoms with van der Waals surface area (Å²) >= 11 is 1.56. The maximum atomic E-state index is 12.6. The molecule has 1 aliphatic carbocycles. The number of sulfonamides is 1. The van der Waals surface area contributed by atoms with Crippen LogP contribution in [0.25, 0.3) is 0 Å². The highest BCUT2D eigenvalue weighted by atomic mass is 32.2. The van der Waals surface area contributed by atoms with Gasteiger partial charge in [0.15, 0.2) is 0 Å². The molecule has 1 aromatic rings. The minimum absolute atomic E-state index is 0.0460. The maximum Gasteiger partial charge on any atom is 0.240 e. The van der Waals surface area contributed by atoms with E-state index in [4.69, 9.17) is 4.74 Å². The molecule has 1 saturated heterocycles. The number of ether oxygens (including phenoxy) is 1. The second kappa shape index (κ2) is 5.77. The molecule has 1 amide bonds. The number of amides is 1. The number of rotatable bonds is 3. The van der Waals surface area contributed by atoms with Crippen LogP contribution in [0.2, 0.25) is 0 Å². The molecule has 0 aromatic heterocycles. The van der Waals surface area contributed by atoms with Gasteiger partial charge >= 0.3 is 0 Å². The van der Waals surface area contributed by atoms with Gasteiger partial charge in [-0.2, -0.15) is 0 Å². The Labute approximate surface area is 139 Å². The van der Waals surface area contributed by atoms with E-state index in [-0.39, 0.29) is 22.9 Å². The highest BCUT2D eigenvalue weighted by Gasteiger charge is 2.46. The lowest BCUT2D eigenvalue weighted by molar-refractivity contribution is -0.115. The van der Waals surface area contributed by atoms with E-state index in [0.29, 0.717) is 23.8 Å². The second-order valence-corrected chi connectivity index (χ2v) is 8.98. The standard InChI is InChI=1S/C15H18N2O4S2/c18-15-4-6-22-14-2-1-9(7-12(14)16-15)23(19,20)17-11-8-13-10(11)3-5-21-13/h1-2,7,10-11,13,17H,3-6,8H2,(H,16,18)/t10-,11+,13+/m1/s1. The number of carbonyl (C=O) groups excluding carboxylic acids is 1. The molecule has 3 aliphatic rings. The summed E-state index contributed by atoms with van der Waals surface area (Å²) in [6, 6.07) is 4.88. The first-order valence-corrected chi connectivity index (χ1v) is 10.2. The summed E-state index contributed by atoms with van der Waals surface area (Å²) in [6.07, 6.45) is 2.30. The van der Waals surface area contributed by atoms with E-state index in [0.717, 1.165) is 24.3 Å². The zero-order valence-electron chi connectivity index (χ0n) is 12.4. The Morgan fingerprint density at radius 3 is 3.04 bits per heavy atom. The molecule has 4 rings (SSSR count). The fourth-order valence-corrected chi connectivity index (χ4v) is 5.63. The van der Waals surface area contributed by atoms with Crippen LogP contribution in [-0.4, -0.2) is 38.8 Å². The van der Waals surface area contributed by atoms with E-state index < -0.39 is 10.0 Å². The van der Waals surface area contributed by atoms with Gasteiger partial charge in [-0.15, -0.1) is 11.8 Å². The third-order valence-electron chi connectivity index (χ3n) is 4.69. The number of thioether (sulfide) groups is 1. The molecular formula is C15H18N2O4S2. The first kappa shape index (κ1) is 15.4. The molecule has 2 fully saturated rings. The molecule has 2 heterocycles. The lowest BCUT2D eigenvalue weighted by atomic mass is 9.77. The topological polar surface area (TPSA) is 84.5 Å². The van der Waals surface area contributed by atoms with Gasteiger partial charge < -0.3 is 10.1 Å². The zero-order valence-corrected chi connectivity index (χ0v) is 14.1. The van der Waals surface area contributed by atoms with Crippen molar-refractivity contribution in [3.05, 3.63) is 18.2 Å². The predicted octanol–water partition coefficient (Wildman–Crippen LogP) is 1.58. The zero-order chi connectivity index (χ0) is 16.0. The molecule has 6 nitrogen and oxygen atoms in total. The Morgan fingerprint density at radius 2 is 2.22 bits per heavy atom. The molecule has 0 unspecified atom stereocenters. The van der Waals surface area contributed by atoms with E-state index in [2.05, 4.69) is 10.0 Å². The number of benzene rings is 1. The van der Waals surface area contributed by atoms with Gasteiger partial charge in [0.05, 0.1) is 16.7 Å². The summed E-state index contributed by atoms with van der Waals surface area (Å²) in [4.78, 5) is 12.8. The first-order chi connectivity index (χ1) is 11.0. The molecule has 0 spiro atoms. The van der Waals surface area contributed by atoms with Crippen LogP contribution >= 0.6 is 11.8 Å². The average molecular weight is 354 g/mol. The molecule has 1 aromatic carbocycles. The van der Waals surface area contributed by atoms with Crippen LogP contribution in [0.15, 0.2) is 28.0 Å². The van der Waals surface area contributed by atoms with Crippen molar-refractivity contribution in [3.8, 4) is 0 Å². The van der Waals surface area contributed by atoms with Gasteiger partial charge in [0.25, 0.3) is 0 Å². The Bertz CT molecular complexity index is 750. The third-order valence-corrected chi connectivity index (χ3v) is 7.26. The largest absolute Gasteiger partial charge is 0.378 e. The quantitative estimate of drug-likeness (QED) is 0.861. The van der Waals surface area contributed by atoms with Crippen LogP contribution in [0.5, 0.6) is 0 Å². The summed E-state index contributed by atoms with van der Waals surface area (Å²) in [6.45, 7) is 0.718. The van der Waals surface area contributed by atoms with Gasteiger partial charge in [-0.1, -0.05) is 0 Å². The van der Waals surface area contributed by atoms with Crippen molar-refractivity contribution >= 4 is 33.4 Å². The molecule has 8 heteroatoms. The molecule has 124 valence electrons. The van der Waals surface area contributed by atoms with Crippen LogP contribution in [0.1, 0.15) is 19.3 Å². The Kier molecular flexibility index (Phi) is 3.87. The molecule has 2 N–H and O–H groups in total. The molecule has 23 heavy (non-hydrogen) atoms.